The lowest BCUT2D eigenvalue weighted by molar-refractivity contribution is 0.713. The molecule has 71 valence electrons. The minimum absolute atomic E-state index is 1.05. The molecule has 0 saturated carbocycles. The second-order valence-corrected chi connectivity index (χ2v) is 3.31. The van der Waals surface area contributed by atoms with Crippen molar-refractivity contribution in [3.8, 4) is 0 Å². The van der Waals surface area contributed by atoms with Gasteiger partial charge < -0.3 is 4.90 Å². The van der Waals surface area contributed by atoms with Gasteiger partial charge in [-0.2, -0.15) is 0 Å². The van der Waals surface area contributed by atoms with E-state index in [0.29, 0.717) is 0 Å². The fraction of sp³-hybridized carbons (Fsp3) is 0.417. The lowest BCUT2D eigenvalue weighted by Gasteiger charge is -2.18. The average molecular weight is 176 g/mol. The number of nitrogens with zero attached hydrogens (tertiary/aromatic N) is 1. The lowest BCUT2D eigenvalue weighted by Crippen LogP contribution is -2.15. The maximum Gasteiger partial charge on any atom is 0.0366 e. The van der Waals surface area contributed by atoms with Gasteiger partial charge in [0.05, 0.1) is 0 Å². The predicted octanol–water partition coefficient (Wildman–Crippen LogP) is 3.47. The highest BCUT2D eigenvalue weighted by molar-refractivity contribution is 5.45. The van der Waals surface area contributed by atoms with E-state index >= 15 is 0 Å². The van der Waals surface area contributed by atoms with Crippen LogP contribution in [-0.4, -0.2) is 6.54 Å². The number of hydrogen-bond acceptors (Lipinski definition) is 1. The van der Waals surface area contributed by atoms with Gasteiger partial charge in [-0.1, -0.05) is 38.0 Å². The van der Waals surface area contributed by atoms with Crippen molar-refractivity contribution >= 4 is 5.69 Å². The van der Waals surface area contributed by atoms with Crippen LogP contribution in [0.4, 0.5) is 5.69 Å². The zero-order valence-electron chi connectivity index (χ0n) is 8.37. The van der Waals surface area contributed by atoms with Gasteiger partial charge in [0.1, 0.15) is 0 Å². The van der Waals surface area contributed by atoms with Crippen LogP contribution in [0, 0.1) is 7.05 Å². The third-order valence-electron chi connectivity index (χ3n) is 2.15. The molecule has 1 rings (SSSR count). The summed E-state index contributed by atoms with van der Waals surface area (Å²) in [5, 5.41) is 0. The molecule has 0 aromatic heterocycles. The first-order chi connectivity index (χ1) is 6.34. The predicted molar refractivity (Wildman–Crippen MR) is 58.7 cm³/mol. The molecule has 13 heavy (non-hydrogen) atoms. The van der Waals surface area contributed by atoms with Crippen LogP contribution in [0.5, 0.6) is 0 Å². The molecule has 0 fully saturated rings. The van der Waals surface area contributed by atoms with Crippen molar-refractivity contribution in [2.24, 2.45) is 0 Å². The molecular weight excluding hydrogens is 158 g/mol. The molecule has 0 aliphatic carbocycles. The van der Waals surface area contributed by atoms with Crippen molar-refractivity contribution in [2.75, 3.05) is 11.4 Å². The summed E-state index contributed by atoms with van der Waals surface area (Å²) in [6, 6.07) is 10.3. The van der Waals surface area contributed by atoms with Crippen molar-refractivity contribution < 1.29 is 0 Å². The Morgan fingerprint density at radius 3 is 2.46 bits per heavy atom. The van der Waals surface area contributed by atoms with Crippen molar-refractivity contribution in [3.05, 3.63) is 37.4 Å². The lowest BCUT2D eigenvalue weighted by atomic mass is 10.2. The van der Waals surface area contributed by atoms with Crippen LogP contribution in [0.1, 0.15) is 26.2 Å². The van der Waals surface area contributed by atoms with Gasteiger partial charge in [-0.25, -0.2) is 0 Å². The zero-order valence-corrected chi connectivity index (χ0v) is 8.37. The molecule has 0 saturated heterocycles. The van der Waals surface area contributed by atoms with Gasteiger partial charge in [0.2, 0.25) is 0 Å². The first-order valence-corrected chi connectivity index (χ1v) is 4.97. The Labute approximate surface area is 81.4 Å². The number of rotatable bonds is 5. The molecule has 0 atom stereocenters. The Hall–Kier alpha value is -0.980. The first-order valence-electron chi connectivity index (χ1n) is 4.97. The summed E-state index contributed by atoms with van der Waals surface area (Å²) in [4.78, 5) is 2.07. The summed E-state index contributed by atoms with van der Waals surface area (Å²) in [6.45, 7) is 3.27. The highest BCUT2D eigenvalue weighted by atomic mass is 15.1. The third-order valence-corrected chi connectivity index (χ3v) is 2.15. The van der Waals surface area contributed by atoms with Crippen molar-refractivity contribution in [3.63, 3.8) is 0 Å². The molecule has 0 aliphatic rings. The number of unbranched alkanes of at least 4 members (excludes halogenated alkanes) is 2. The highest BCUT2D eigenvalue weighted by Crippen LogP contribution is 2.12. The molecule has 0 heterocycles. The zero-order chi connectivity index (χ0) is 9.52. The van der Waals surface area contributed by atoms with Gasteiger partial charge in [0.15, 0.2) is 0 Å². The molecular formula is C12H18N. The van der Waals surface area contributed by atoms with Gasteiger partial charge in [-0.3, -0.25) is 0 Å². The van der Waals surface area contributed by atoms with E-state index < -0.39 is 0 Å². The summed E-state index contributed by atoms with van der Waals surface area (Å²) >= 11 is 0. The SMILES string of the molecule is [CH2]N(CCCCC)c1ccccc1. The average Bonchev–Trinajstić information content (AvgIpc) is 2.19. The topological polar surface area (TPSA) is 3.24 Å². The van der Waals surface area contributed by atoms with E-state index in [1.54, 1.807) is 0 Å². The van der Waals surface area contributed by atoms with Crippen molar-refractivity contribution in [1.82, 2.24) is 0 Å². The van der Waals surface area contributed by atoms with Crippen LogP contribution in [0.15, 0.2) is 30.3 Å². The van der Waals surface area contributed by atoms with E-state index in [-0.39, 0.29) is 0 Å². The Bertz CT molecular complexity index is 218. The maximum atomic E-state index is 4.01. The van der Waals surface area contributed by atoms with E-state index in [4.69, 9.17) is 0 Å². The third kappa shape index (κ3) is 3.49. The highest BCUT2D eigenvalue weighted by Gasteiger charge is 1.97. The minimum Gasteiger partial charge on any atom is -0.370 e. The summed E-state index contributed by atoms with van der Waals surface area (Å²) in [5.74, 6) is 0. The number of para-hydroxylation sites is 1. The Kier molecular flexibility index (Phi) is 4.37. The van der Waals surface area contributed by atoms with Gasteiger partial charge in [-0.15, -0.1) is 0 Å². The van der Waals surface area contributed by atoms with Crippen LogP contribution in [-0.2, 0) is 0 Å². The Morgan fingerprint density at radius 2 is 1.85 bits per heavy atom. The van der Waals surface area contributed by atoms with Gasteiger partial charge >= 0.3 is 0 Å². The number of benzene rings is 1. The maximum absolute atomic E-state index is 4.01. The molecule has 0 bridgehead atoms. The van der Waals surface area contributed by atoms with E-state index in [2.05, 4.69) is 31.0 Å². The molecule has 1 aromatic carbocycles. The summed E-state index contributed by atoms with van der Waals surface area (Å²) in [6.07, 6.45) is 3.79. The second-order valence-electron chi connectivity index (χ2n) is 3.31. The van der Waals surface area contributed by atoms with E-state index in [1.807, 2.05) is 18.2 Å². The van der Waals surface area contributed by atoms with Gasteiger partial charge in [0, 0.05) is 19.3 Å². The van der Waals surface area contributed by atoms with Crippen LogP contribution in [0.3, 0.4) is 0 Å². The normalized spacial score (nSPS) is 10.0. The first kappa shape index (κ1) is 10.1. The van der Waals surface area contributed by atoms with Crippen molar-refractivity contribution in [1.29, 1.82) is 0 Å². The molecule has 0 amide bonds. The fourth-order valence-electron chi connectivity index (χ4n) is 1.32. The largest absolute Gasteiger partial charge is 0.370 e. The monoisotopic (exact) mass is 176 g/mol. The molecule has 1 radical (unpaired) electrons. The van der Waals surface area contributed by atoms with E-state index in [1.165, 1.54) is 24.9 Å². The van der Waals surface area contributed by atoms with E-state index in [0.717, 1.165) is 6.54 Å². The summed E-state index contributed by atoms with van der Waals surface area (Å²) < 4.78 is 0. The van der Waals surface area contributed by atoms with E-state index in [9.17, 15) is 0 Å². The number of hydrogen-bond donors (Lipinski definition) is 0. The fourth-order valence-corrected chi connectivity index (χ4v) is 1.32. The van der Waals surface area contributed by atoms with Crippen LogP contribution in [0.25, 0.3) is 0 Å². The number of anilines is 1. The molecule has 0 unspecified atom stereocenters. The molecule has 0 N–H and O–H groups in total. The molecule has 1 aromatic rings. The standard InChI is InChI=1S/C12H18N/c1-3-4-8-11-13(2)12-9-6-5-7-10-12/h5-7,9-10H,2-4,8,11H2,1H3. The van der Waals surface area contributed by atoms with Gasteiger partial charge in [-0.05, 0) is 18.6 Å². The molecule has 1 heteroatoms. The second kappa shape index (κ2) is 5.63. The molecule has 1 nitrogen and oxygen atoms in total. The molecule has 0 aliphatic heterocycles. The summed E-state index contributed by atoms with van der Waals surface area (Å²) in [5.41, 5.74) is 1.21. The van der Waals surface area contributed by atoms with Crippen LogP contribution < -0.4 is 4.90 Å². The van der Waals surface area contributed by atoms with Crippen molar-refractivity contribution in [2.45, 2.75) is 26.2 Å². The summed E-state index contributed by atoms with van der Waals surface area (Å²) in [7, 11) is 4.01. The molecule has 0 spiro atoms. The van der Waals surface area contributed by atoms with Crippen LogP contribution in [0.2, 0.25) is 0 Å². The quantitative estimate of drug-likeness (QED) is 0.621. The minimum atomic E-state index is 1.05. The Balaban J connectivity index is 2.35. The smallest absolute Gasteiger partial charge is 0.0366 e. The Morgan fingerprint density at radius 1 is 1.15 bits per heavy atom. The van der Waals surface area contributed by atoms with Crippen LogP contribution >= 0.6 is 0 Å². The van der Waals surface area contributed by atoms with Gasteiger partial charge in [0.25, 0.3) is 0 Å².